The van der Waals surface area contributed by atoms with Crippen LogP contribution in [0.5, 0.6) is 0 Å². The van der Waals surface area contributed by atoms with Gasteiger partial charge in [0, 0.05) is 12.6 Å². The van der Waals surface area contributed by atoms with Crippen molar-refractivity contribution in [2.45, 2.75) is 29.0 Å². The number of carbonyl (C=O) groups excluding carboxylic acids is 2. The average molecular weight is 362 g/mol. The molecular formula is C17H18N2O5S. The number of hydrogen-bond donors (Lipinski definition) is 2. The third-order valence-electron chi connectivity index (χ3n) is 3.87. The summed E-state index contributed by atoms with van der Waals surface area (Å²) in [5.41, 5.74) is 0. The fraction of sp³-hybridized carbons (Fsp3) is 0.294. The Morgan fingerprint density at radius 3 is 2.40 bits per heavy atom. The molecule has 0 bridgehead atoms. The van der Waals surface area contributed by atoms with E-state index in [0.29, 0.717) is 0 Å². The number of benzene rings is 1. The Hall–Kier alpha value is -2.61. The first-order valence-electron chi connectivity index (χ1n) is 7.89. The van der Waals surface area contributed by atoms with E-state index in [-0.39, 0.29) is 23.2 Å². The molecule has 1 fully saturated rings. The van der Waals surface area contributed by atoms with Crippen molar-refractivity contribution < 1.29 is 22.4 Å². The van der Waals surface area contributed by atoms with Gasteiger partial charge in [0.1, 0.15) is 11.0 Å². The van der Waals surface area contributed by atoms with Crippen LogP contribution in [0.2, 0.25) is 0 Å². The molecule has 1 aromatic heterocycles. The van der Waals surface area contributed by atoms with Crippen molar-refractivity contribution in [2.24, 2.45) is 0 Å². The number of hydrogen-bond acceptors (Lipinski definition) is 5. The zero-order chi connectivity index (χ0) is 17.9. The molecule has 7 nitrogen and oxygen atoms in total. The van der Waals surface area contributed by atoms with E-state index in [1.165, 1.54) is 24.5 Å². The van der Waals surface area contributed by atoms with Gasteiger partial charge in [0.25, 0.3) is 0 Å². The number of nitrogens with one attached hydrogen (secondary N) is 2. The lowest BCUT2D eigenvalue weighted by Crippen LogP contribution is -2.43. The minimum absolute atomic E-state index is 0.0483. The second-order valence-electron chi connectivity index (χ2n) is 5.82. The van der Waals surface area contributed by atoms with Crippen LogP contribution >= 0.6 is 0 Å². The van der Waals surface area contributed by atoms with Crippen LogP contribution in [0, 0.1) is 0 Å². The summed E-state index contributed by atoms with van der Waals surface area (Å²) in [5, 5.41) is 3.83. The molecule has 0 radical (unpaired) electrons. The molecule has 1 aliphatic rings. The molecule has 0 aliphatic heterocycles. The monoisotopic (exact) mass is 362 g/mol. The lowest BCUT2D eigenvalue weighted by molar-refractivity contribution is -0.139. The summed E-state index contributed by atoms with van der Waals surface area (Å²) in [7, 11) is -3.80. The summed E-state index contributed by atoms with van der Waals surface area (Å²) >= 11 is 0. The van der Waals surface area contributed by atoms with Crippen LogP contribution in [-0.2, 0) is 19.4 Å². The smallest absolute Gasteiger partial charge is 0.309 e. The summed E-state index contributed by atoms with van der Waals surface area (Å²) in [6, 6.07) is 11.1. The summed E-state index contributed by atoms with van der Waals surface area (Å²) in [6.07, 6.45) is 3.08. The van der Waals surface area contributed by atoms with Gasteiger partial charge in [-0.05, 0) is 37.1 Å². The van der Waals surface area contributed by atoms with Crippen molar-refractivity contribution in [3.63, 3.8) is 0 Å². The Morgan fingerprint density at radius 2 is 1.80 bits per heavy atom. The Balaban J connectivity index is 1.76. The highest BCUT2D eigenvalue weighted by molar-refractivity contribution is 7.91. The van der Waals surface area contributed by atoms with E-state index in [4.69, 9.17) is 4.42 Å². The van der Waals surface area contributed by atoms with E-state index in [9.17, 15) is 18.0 Å². The van der Waals surface area contributed by atoms with E-state index >= 15 is 0 Å². The highest BCUT2D eigenvalue weighted by atomic mass is 32.2. The van der Waals surface area contributed by atoms with E-state index < -0.39 is 26.9 Å². The highest BCUT2D eigenvalue weighted by Crippen LogP contribution is 2.28. The molecule has 0 spiro atoms. The molecule has 0 saturated heterocycles. The first-order chi connectivity index (χ1) is 12.0. The van der Waals surface area contributed by atoms with Crippen molar-refractivity contribution in [3.05, 3.63) is 54.5 Å². The first kappa shape index (κ1) is 17.2. The van der Waals surface area contributed by atoms with Gasteiger partial charge in [0.15, 0.2) is 9.84 Å². The van der Waals surface area contributed by atoms with E-state index in [0.717, 1.165) is 12.8 Å². The Labute approximate surface area is 145 Å². The van der Waals surface area contributed by atoms with Crippen LogP contribution in [0.25, 0.3) is 0 Å². The topological polar surface area (TPSA) is 105 Å². The Bertz CT molecular complexity index is 842. The zero-order valence-electron chi connectivity index (χ0n) is 13.3. The largest absolute Gasteiger partial charge is 0.468 e. The predicted octanol–water partition coefficient (Wildman–Crippen LogP) is 1.19. The lowest BCUT2D eigenvalue weighted by Gasteiger charge is -2.16. The van der Waals surface area contributed by atoms with Crippen molar-refractivity contribution in [3.8, 4) is 0 Å². The lowest BCUT2D eigenvalue weighted by atomic mass is 10.3. The van der Waals surface area contributed by atoms with Gasteiger partial charge in [-0.15, -0.1) is 0 Å². The molecule has 1 saturated carbocycles. The quantitative estimate of drug-likeness (QED) is 0.751. The van der Waals surface area contributed by atoms with Crippen LogP contribution in [-0.4, -0.2) is 32.8 Å². The molecule has 2 amide bonds. The zero-order valence-corrected chi connectivity index (χ0v) is 14.2. The maximum Gasteiger partial charge on any atom is 0.309 e. The number of rotatable bonds is 6. The molecule has 1 heterocycles. The Morgan fingerprint density at radius 1 is 1.08 bits per heavy atom. The number of furan rings is 1. The number of amides is 2. The molecule has 1 aliphatic carbocycles. The summed E-state index contributed by atoms with van der Waals surface area (Å²) in [6.45, 7) is -0.262. The van der Waals surface area contributed by atoms with Gasteiger partial charge in [-0.1, -0.05) is 18.2 Å². The van der Waals surface area contributed by atoms with Gasteiger partial charge in [0.2, 0.25) is 0 Å². The van der Waals surface area contributed by atoms with Gasteiger partial charge in [-0.25, -0.2) is 8.42 Å². The van der Waals surface area contributed by atoms with Crippen LogP contribution in [0.1, 0.15) is 23.9 Å². The van der Waals surface area contributed by atoms with Crippen LogP contribution in [0.4, 0.5) is 0 Å². The van der Waals surface area contributed by atoms with Crippen LogP contribution in [0.15, 0.2) is 58.0 Å². The molecule has 1 unspecified atom stereocenters. The molecule has 1 atom stereocenters. The summed E-state index contributed by atoms with van der Waals surface area (Å²) < 4.78 is 31.0. The van der Waals surface area contributed by atoms with E-state index in [1.807, 2.05) is 0 Å². The molecule has 2 N–H and O–H groups in total. The molecule has 3 rings (SSSR count). The fourth-order valence-corrected chi connectivity index (χ4v) is 3.96. The van der Waals surface area contributed by atoms with Crippen molar-refractivity contribution >= 4 is 21.7 Å². The maximum absolute atomic E-state index is 12.9. The second-order valence-corrected chi connectivity index (χ2v) is 7.95. The predicted molar refractivity (Wildman–Crippen MR) is 89.3 cm³/mol. The average Bonchev–Trinajstić information content (AvgIpc) is 3.26. The first-order valence-corrected chi connectivity index (χ1v) is 9.44. The standard InChI is InChI=1S/C17H18N2O5S/c20-16(17(21)19-12-8-9-12)18-11-15(14-7-4-10-24-14)25(22,23)13-5-2-1-3-6-13/h1-7,10,12,15H,8-9,11H2,(H,18,20)(H,19,21). The van der Waals surface area contributed by atoms with Gasteiger partial charge >= 0.3 is 11.8 Å². The van der Waals surface area contributed by atoms with E-state index in [1.54, 1.807) is 24.3 Å². The minimum atomic E-state index is -3.80. The van der Waals surface area contributed by atoms with Gasteiger partial charge in [-0.2, -0.15) is 0 Å². The van der Waals surface area contributed by atoms with Gasteiger partial charge in [-0.3, -0.25) is 9.59 Å². The SMILES string of the molecule is O=C(NCC(c1ccco1)S(=O)(=O)c1ccccc1)C(=O)NC1CC1. The van der Waals surface area contributed by atoms with Crippen LogP contribution < -0.4 is 10.6 Å². The fourth-order valence-electron chi connectivity index (χ4n) is 2.36. The van der Waals surface area contributed by atoms with Crippen molar-refractivity contribution in [1.82, 2.24) is 10.6 Å². The van der Waals surface area contributed by atoms with Crippen LogP contribution in [0.3, 0.4) is 0 Å². The molecule has 1 aromatic carbocycles. The maximum atomic E-state index is 12.9. The number of carbonyl (C=O) groups is 2. The Kier molecular flexibility index (Phi) is 4.89. The van der Waals surface area contributed by atoms with Gasteiger partial charge in [0.05, 0.1) is 11.2 Å². The third kappa shape index (κ3) is 4.08. The summed E-state index contributed by atoms with van der Waals surface area (Å²) in [5.74, 6) is -1.41. The summed E-state index contributed by atoms with van der Waals surface area (Å²) in [4.78, 5) is 23.7. The molecular weight excluding hydrogens is 344 g/mol. The molecule has 8 heteroatoms. The number of sulfone groups is 1. The second kappa shape index (κ2) is 7.10. The molecule has 2 aromatic rings. The molecule has 25 heavy (non-hydrogen) atoms. The van der Waals surface area contributed by atoms with Crippen molar-refractivity contribution in [1.29, 1.82) is 0 Å². The normalized spacial score (nSPS) is 15.4. The van der Waals surface area contributed by atoms with Crippen molar-refractivity contribution in [2.75, 3.05) is 6.54 Å². The molecule has 132 valence electrons. The third-order valence-corrected chi connectivity index (χ3v) is 5.95. The van der Waals surface area contributed by atoms with Gasteiger partial charge < -0.3 is 15.1 Å². The minimum Gasteiger partial charge on any atom is -0.468 e. The highest BCUT2D eigenvalue weighted by Gasteiger charge is 2.33. The van der Waals surface area contributed by atoms with E-state index in [2.05, 4.69) is 10.6 Å².